The lowest BCUT2D eigenvalue weighted by atomic mass is 9.97. The van der Waals surface area contributed by atoms with E-state index in [1.807, 2.05) is 6.92 Å². The highest BCUT2D eigenvalue weighted by atomic mass is 32.2. The summed E-state index contributed by atoms with van der Waals surface area (Å²) in [7, 11) is -3.02. The highest BCUT2D eigenvalue weighted by Crippen LogP contribution is 2.24. The summed E-state index contributed by atoms with van der Waals surface area (Å²) in [5.41, 5.74) is -0.888. The van der Waals surface area contributed by atoms with E-state index in [1.54, 1.807) is 28.5 Å². The minimum atomic E-state index is -3.02. The third-order valence-electron chi connectivity index (χ3n) is 4.42. The fourth-order valence-electron chi connectivity index (χ4n) is 3.00. The van der Waals surface area contributed by atoms with Gasteiger partial charge in [-0.1, -0.05) is 6.92 Å². The van der Waals surface area contributed by atoms with Crippen LogP contribution in [0.3, 0.4) is 0 Å². The molecule has 2 rings (SSSR count). The summed E-state index contributed by atoms with van der Waals surface area (Å²) in [4.78, 5) is 30.2. The second-order valence-corrected chi connectivity index (χ2v) is 8.73. The van der Waals surface area contributed by atoms with Gasteiger partial charge in [0.25, 0.3) is 0 Å². The minimum Gasteiger partial charge on any atom is -0.339 e. The molecule has 0 saturated carbocycles. The molecular weight excluding hydrogens is 306 g/mol. The Bertz CT molecular complexity index is 544. The zero-order valence-electron chi connectivity index (χ0n) is 13.5. The van der Waals surface area contributed by atoms with Gasteiger partial charge in [-0.2, -0.15) is 0 Å². The van der Waals surface area contributed by atoms with Gasteiger partial charge in [0.2, 0.25) is 5.91 Å². The molecule has 2 heterocycles. The minimum absolute atomic E-state index is 0.00289. The molecule has 22 heavy (non-hydrogen) atoms. The van der Waals surface area contributed by atoms with Gasteiger partial charge in [-0.25, -0.2) is 13.2 Å². The van der Waals surface area contributed by atoms with Crippen molar-refractivity contribution in [2.24, 2.45) is 0 Å². The van der Waals surface area contributed by atoms with Crippen molar-refractivity contribution in [1.82, 2.24) is 14.7 Å². The molecule has 2 aliphatic heterocycles. The van der Waals surface area contributed by atoms with Gasteiger partial charge in [-0.3, -0.25) is 4.79 Å². The first-order valence-corrected chi connectivity index (χ1v) is 9.57. The van der Waals surface area contributed by atoms with E-state index in [0.717, 1.165) is 6.42 Å². The largest absolute Gasteiger partial charge is 0.339 e. The first-order valence-electron chi connectivity index (χ1n) is 7.75. The van der Waals surface area contributed by atoms with Crippen LogP contribution in [-0.2, 0) is 14.6 Å². The highest BCUT2D eigenvalue weighted by Gasteiger charge is 2.45. The summed E-state index contributed by atoms with van der Waals surface area (Å²) in [5.74, 6) is -0.0372. The molecule has 0 atom stereocenters. The van der Waals surface area contributed by atoms with Crippen LogP contribution >= 0.6 is 0 Å². The SMILES string of the molecule is CCCN1CCN(C(=O)N2CCS(=O)(=O)CC2)C(C)(C)C1=O. The smallest absolute Gasteiger partial charge is 0.321 e. The molecule has 126 valence electrons. The van der Waals surface area contributed by atoms with Crippen LogP contribution in [0.4, 0.5) is 4.79 Å². The maximum atomic E-state index is 12.7. The molecule has 2 aliphatic rings. The van der Waals surface area contributed by atoms with E-state index in [1.165, 1.54) is 0 Å². The molecule has 2 saturated heterocycles. The average molecular weight is 331 g/mol. The summed E-state index contributed by atoms with van der Waals surface area (Å²) in [6.07, 6.45) is 0.889. The van der Waals surface area contributed by atoms with E-state index >= 15 is 0 Å². The molecule has 0 spiro atoms. The van der Waals surface area contributed by atoms with E-state index in [2.05, 4.69) is 0 Å². The molecule has 0 aromatic heterocycles. The van der Waals surface area contributed by atoms with E-state index in [-0.39, 0.29) is 36.5 Å². The quantitative estimate of drug-likeness (QED) is 0.723. The first-order chi connectivity index (χ1) is 10.2. The van der Waals surface area contributed by atoms with Crippen LogP contribution in [0, 0.1) is 0 Å². The number of urea groups is 1. The van der Waals surface area contributed by atoms with Crippen molar-refractivity contribution >= 4 is 21.8 Å². The standard InChI is InChI=1S/C14H25N3O4S/c1-4-5-15-6-7-17(14(2,3)12(15)18)13(19)16-8-10-22(20,21)11-9-16/h4-11H2,1-3H3. The van der Waals surface area contributed by atoms with Crippen LogP contribution in [0.15, 0.2) is 0 Å². The molecule has 2 fully saturated rings. The number of nitrogens with zero attached hydrogens (tertiary/aromatic N) is 3. The second-order valence-electron chi connectivity index (χ2n) is 6.42. The van der Waals surface area contributed by atoms with Crippen LogP contribution in [0.2, 0.25) is 0 Å². The van der Waals surface area contributed by atoms with E-state index in [4.69, 9.17) is 0 Å². The van der Waals surface area contributed by atoms with Gasteiger partial charge < -0.3 is 14.7 Å². The van der Waals surface area contributed by atoms with Crippen LogP contribution in [-0.4, -0.2) is 84.8 Å². The van der Waals surface area contributed by atoms with E-state index in [0.29, 0.717) is 19.6 Å². The van der Waals surface area contributed by atoms with Gasteiger partial charge in [0, 0.05) is 32.7 Å². The van der Waals surface area contributed by atoms with Gasteiger partial charge >= 0.3 is 6.03 Å². The topological polar surface area (TPSA) is 78.0 Å². The number of hydrogen-bond acceptors (Lipinski definition) is 4. The zero-order chi connectivity index (χ0) is 16.5. The van der Waals surface area contributed by atoms with E-state index in [9.17, 15) is 18.0 Å². The van der Waals surface area contributed by atoms with Crippen molar-refractivity contribution in [3.8, 4) is 0 Å². The molecule has 0 aliphatic carbocycles. The zero-order valence-corrected chi connectivity index (χ0v) is 14.4. The monoisotopic (exact) mass is 331 g/mol. The van der Waals surface area contributed by atoms with Crippen molar-refractivity contribution < 1.29 is 18.0 Å². The molecular formula is C14H25N3O4S. The molecule has 0 aromatic rings. The number of hydrogen-bond donors (Lipinski definition) is 0. The number of amides is 3. The summed E-state index contributed by atoms with van der Waals surface area (Å²) in [6.45, 7) is 7.68. The number of rotatable bonds is 2. The fourth-order valence-corrected chi connectivity index (χ4v) is 4.20. The van der Waals surface area contributed by atoms with Gasteiger partial charge in [-0.05, 0) is 20.3 Å². The summed E-state index contributed by atoms with van der Waals surface area (Å²) >= 11 is 0. The Morgan fingerprint density at radius 1 is 1.14 bits per heavy atom. The van der Waals surface area contributed by atoms with Gasteiger partial charge in [0.15, 0.2) is 9.84 Å². The van der Waals surface area contributed by atoms with Crippen LogP contribution in [0.25, 0.3) is 0 Å². The predicted molar refractivity (Wildman–Crippen MR) is 83.3 cm³/mol. The van der Waals surface area contributed by atoms with Crippen LogP contribution in [0.5, 0.6) is 0 Å². The van der Waals surface area contributed by atoms with Crippen molar-refractivity contribution in [2.45, 2.75) is 32.7 Å². The number of piperazine rings is 1. The molecule has 0 bridgehead atoms. The van der Waals surface area contributed by atoms with Crippen molar-refractivity contribution in [3.63, 3.8) is 0 Å². The maximum Gasteiger partial charge on any atom is 0.321 e. The molecule has 0 N–H and O–H groups in total. The lowest BCUT2D eigenvalue weighted by Gasteiger charge is -2.47. The number of sulfone groups is 1. The van der Waals surface area contributed by atoms with Crippen LogP contribution < -0.4 is 0 Å². The summed E-state index contributed by atoms with van der Waals surface area (Å²) in [6, 6.07) is -0.232. The normalized spacial score (nSPS) is 24.5. The second kappa shape index (κ2) is 6.06. The Hall–Kier alpha value is -1.31. The van der Waals surface area contributed by atoms with Crippen molar-refractivity contribution in [2.75, 3.05) is 44.2 Å². The molecule has 7 nitrogen and oxygen atoms in total. The predicted octanol–water partition coefficient (Wildman–Crippen LogP) is 0.170. The summed E-state index contributed by atoms with van der Waals surface area (Å²) in [5, 5.41) is 0. The Balaban J connectivity index is 2.09. The molecule has 0 radical (unpaired) electrons. The van der Waals surface area contributed by atoms with Gasteiger partial charge in [0.1, 0.15) is 5.54 Å². The fraction of sp³-hybridized carbons (Fsp3) is 0.857. The maximum absolute atomic E-state index is 12.7. The Morgan fingerprint density at radius 3 is 2.27 bits per heavy atom. The third-order valence-corrected chi connectivity index (χ3v) is 6.03. The lowest BCUT2D eigenvalue weighted by Crippen LogP contribution is -2.67. The Kier molecular flexibility index (Phi) is 4.70. The molecule has 3 amide bonds. The highest BCUT2D eigenvalue weighted by molar-refractivity contribution is 7.91. The Morgan fingerprint density at radius 2 is 1.73 bits per heavy atom. The molecule has 0 aromatic carbocycles. The van der Waals surface area contributed by atoms with Gasteiger partial charge in [-0.15, -0.1) is 0 Å². The van der Waals surface area contributed by atoms with Gasteiger partial charge in [0.05, 0.1) is 11.5 Å². The Labute approximate surface area is 132 Å². The van der Waals surface area contributed by atoms with Crippen LogP contribution in [0.1, 0.15) is 27.2 Å². The number of carbonyl (C=O) groups is 2. The summed E-state index contributed by atoms with van der Waals surface area (Å²) < 4.78 is 23.0. The van der Waals surface area contributed by atoms with Crippen molar-refractivity contribution in [3.05, 3.63) is 0 Å². The van der Waals surface area contributed by atoms with Crippen molar-refractivity contribution in [1.29, 1.82) is 0 Å². The first kappa shape index (κ1) is 17.1. The average Bonchev–Trinajstić information content (AvgIpc) is 2.43. The molecule has 0 unspecified atom stereocenters. The lowest BCUT2D eigenvalue weighted by molar-refractivity contribution is -0.146. The molecule has 8 heteroatoms. The van der Waals surface area contributed by atoms with E-state index < -0.39 is 15.4 Å². The number of carbonyl (C=O) groups excluding carboxylic acids is 2. The third kappa shape index (κ3) is 3.21.